The topological polar surface area (TPSA) is 65.1 Å². The minimum atomic E-state index is -0.144. The lowest BCUT2D eigenvalue weighted by atomic mass is 9.97. The van der Waals surface area contributed by atoms with E-state index >= 15 is 0 Å². The molecular weight excluding hydrogens is 350 g/mol. The molecule has 1 N–H and O–H groups in total. The summed E-state index contributed by atoms with van der Waals surface area (Å²) in [6.45, 7) is 3.58. The molecule has 0 unspecified atom stereocenters. The van der Waals surface area contributed by atoms with Crippen LogP contribution in [0.25, 0.3) is 32.9 Å². The molecule has 0 radical (unpaired) electrons. The molecule has 0 saturated carbocycles. The van der Waals surface area contributed by atoms with Crippen molar-refractivity contribution in [2.24, 2.45) is 0 Å². The molecule has 0 bridgehead atoms. The summed E-state index contributed by atoms with van der Waals surface area (Å²) in [4.78, 5) is 29.5. The molecule has 3 heterocycles. The molecule has 0 spiro atoms. The first-order valence-electron chi connectivity index (χ1n) is 9.51. The molecule has 0 amide bonds. The van der Waals surface area contributed by atoms with Crippen molar-refractivity contribution in [1.82, 2.24) is 19.9 Å². The van der Waals surface area contributed by atoms with Crippen LogP contribution in [0.3, 0.4) is 0 Å². The third-order valence-corrected chi connectivity index (χ3v) is 5.48. The maximum absolute atomic E-state index is 13.1. The number of likely N-dealkylation sites (N-methyl/N-ethyl adjacent to an activating group) is 1. The van der Waals surface area contributed by atoms with E-state index in [1.807, 2.05) is 30.3 Å². The molecule has 5 rings (SSSR count). The van der Waals surface area contributed by atoms with Crippen LogP contribution in [0.4, 0.5) is 5.95 Å². The van der Waals surface area contributed by atoms with E-state index in [-0.39, 0.29) is 5.56 Å². The summed E-state index contributed by atoms with van der Waals surface area (Å²) in [6.07, 6.45) is 1.74. The average molecular weight is 371 g/mol. The van der Waals surface area contributed by atoms with Crippen molar-refractivity contribution in [3.63, 3.8) is 0 Å². The number of piperazine rings is 1. The van der Waals surface area contributed by atoms with Gasteiger partial charge in [-0.25, -0.2) is 4.98 Å². The van der Waals surface area contributed by atoms with Gasteiger partial charge in [0.1, 0.15) is 0 Å². The van der Waals surface area contributed by atoms with Crippen LogP contribution in [0.2, 0.25) is 0 Å². The minimum Gasteiger partial charge on any atom is -0.340 e. The largest absolute Gasteiger partial charge is 0.340 e. The van der Waals surface area contributed by atoms with Gasteiger partial charge in [-0.15, -0.1) is 0 Å². The predicted molar refractivity (Wildman–Crippen MR) is 113 cm³/mol. The summed E-state index contributed by atoms with van der Waals surface area (Å²) in [5.41, 5.74) is 2.23. The standard InChI is InChI=1S/C22H21N5O/c1-26-11-13-27(14-12-26)22-24-20-19(21(28)25-22)18(9-10-23-20)17-8-4-6-15-5-2-3-7-16(15)17/h2-10H,11-14H2,1H3,(H,23,24,25,28). The molecule has 28 heavy (non-hydrogen) atoms. The van der Waals surface area contributed by atoms with Gasteiger partial charge in [-0.3, -0.25) is 9.78 Å². The fourth-order valence-electron chi connectivity index (χ4n) is 3.90. The SMILES string of the molecule is CN1CCN(c2nc3nccc(-c4cccc5ccccc45)c3c(=O)[nH]2)CC1. The number of H-pyrrole nitrogens is 1. The molecular formula is C22H21N5O. The van der Waals surface area contributed by atoms with Crippen LogP contribution in [0.1, 0.15) is 0 Å². The second-order valence-electron chi connectivity index (χ2n) is 7.26. The van der Waals surface area contributed by atoms with Crippen LogP contribution < -0.4 is 10.5 Å². The number of benzene rings is 2. The molecule has 2 aromatic carbocycles. The van der Waals surface area contributed by atoms with E-state index in [2.05, 4.69) is 45.0 Å². The zero-order chi connectivity index (χ0) is 19.1. The second kappa shape index (κ2) is 6.73. The Morgan fingerprint density at radius 1 is 0.929 bits per heavy atom. The molecule has 1 aliphatic rings. The van der Waals surface area contributed by atoms with E-state index in [1.54, 1.807) is 6.20 Å². The third kappa shape index (κ3) is 2.82. The summed E-state index contributed by atoms with van der Waals surface area (Å²) in [5, 5.41) is 2.79. The highest BCUT2D eigenvalue weighted by atomic mass is 16.1. The van der Waals surface area contributed by atoms with E-state index in [1.165, 1.54) is 0 Å². The van der Waals surface area contributed by atoms with Crippen LogP contribution in [0.15, 0.2) is 59.5 Å². The summed E-state index contributed by atoms with van der Waals surface area (Å²) in [5.74, 6) is 0.605. The van der Waals surface area contributed by atoms with Gasteiger partial charge < -0.3 is 9.80 Å². The van der Waals surface area contributed by atoms with Gasteiger partial charge >= 0.3 is 0 Å². The Morgan fingerprint density at radius 3 is 2.57 bits per heavy atom. The van der Waals surface area contributed by atoms with Crippen molar-refractivity contribution in [3.8, 4) is 11.1 Å². The van der Waals surface area contributed by atoms with E-state index in [0.717, 1.165) is 48.1 Å². The molecule has 6 heteroatoms. The number of pyridine rings is 1. The maximum atomic E-state index is 13.1. The molecule has 0 aliphatic carbocycles. The van der Waals surface area contributed by atoms with Crippen LogP contribution in [-0.4, -0.2) is 53.1 Å². The van der Waals surface area contributed by atoms with Gasteiger partial charge in [-0.2, -0.15) is 4.98 Å². The fraction of sp³-hybridized carbons (Fsp3) is 0.227. The molecule has 1 fully saturated rings. The zero-order valence-corrected chi connectivity index (χ0v) is 15.7. The number of aromatic amines is 1. The molecule has 1 aliphatic heterocycles. The highest BCUT2D eigenvalue weighted by Gasteiger charge is 2.19. The first-order valence-corrected chi connectivity index (χ1v) is 9.51. The van der Waals surface area contributed by atoms with Gasteiger partial charge in [0.15, 0.2) is 5.65 Å². The molecule has 1 saturated heterocycles. The van der Waals surface area contributed by atoms with Crippen molar-refractivity contribution >= 4 is 27.8 Å². The minimum absolute atomic E-state index is 0.144. The lowest BCUT2D eigenvalue weighted by Crippen LogP contribution is -2.45. The average Bonchev–Trinajstić information content (AvgIpc) is 2.73. The fourth-order valence-corrected chi connectivity index (χ4v) is 3.90. The summed E-state index contributed by atoms with van der Waals surface area (Å²) < 4.78 is 0. The van der Waals surface area contributed by atoms with Crippen molar-refractivity contribution < 1.29 is 0 Å². The van der Waals surface area contributed by atoms with E-state index in [9.17, 15) is 4.79 Å². The number of fused-ring (bicyclic) bond motifs is 2. The van der Waals surface area contributed by atoms with Crippen LogP contribution in [0.5, 0.6) is 0 Å². The van der Waals surface area contributed by atoms with Crippen LogP contribution >= 0.6 is 0 Å². The molecule has 4 aromatic rings. The van der Waals surface area contributed by atoms with E-state index < -0.39 is 0 Å². The van der Waals surface area contributed by atoms with Crippen molar-refractivity contribution in [2.45, 2.75) is 0 Å². The normalized spacial score (nSPS) is 15.4. The van der Waals surface area contributed by atoms with Gasteiger partial charge in [0, 0.05) is 37.9 Å². The predicted octanol–water partition coefficient (Wildman–Crippen LogP) is 2.89. The highest BCUT2D eigenvalue weighted by molar-refractivity contribution is 6.03. The van der Waals surface area contributed by atoms with Crippen molar-refractivity contribution in [2.75, 3.05) is 38.1 Å². The Hall–Kier alpha value is -3.25. The first-order chi connectivity index (χ1) is 13.7. The van der Waals surface area contributed by atoms with Crippen LogP contribution in [-0.2, 0) is 0 Å². The third-order valence-electron chi connectivity index (χ3n) is 5.48. The van der Waals surface area contributed by atoms with Gasteiger partial charge in [0.2, 0.25) is 5.95 Å². The number of hydrogen-bond donors (Lipinski definition) is 1. The number of nitrogens with one attached hydrogen (secondary N) is 1. The zero-order valence-electron chi connectivity index (χ0n) is 15.7. The lowest BCUT2D eigenvalue weighted by Gasteiger charge is -2.32. The summed E-state index contributed by atoms with van der Waals surface area (Å²) >= 11 is 0. The van der Waals surface area contributed by atoms with Gasteiger partial charge in [-0.05, 0) is 29.4 Å². The number of aromatic nitrogens is 3. The Morgan fingerprint density at radius 2 is 1.71 bits per heavy atom. The Kier molecular flexibility index (Phi) is 4.06. The number of rotatable bonds is 2. The molecule has 140 valence electrons. The van der Waals surface area contributed by atoms with Gasteiger partial charge in [0.25, 0.3) is 5.56 Å². The Labute approximate surface area is 162 Å². The molecule has 2 aromatic heterocycles. The summed E-state index contributed by atoms with van der Waals surface area (Å²) in [6, 6.07) is 16.2. The first kappa shape index (κ1) is 16.9. The lowest BCUT2D eigenvalue weighted by molar-refractivity contribution is 0.311. The monoisotopic (exact) mass is 371 g/mol. The number of hydrogen-bond acceptors (Lipinski definition) is 5. The Bertz CT molecular complexity index is 1220. The summed E-state index contributed by atoms with van der Waals surface area (Å²) in [7, 11) is 2.10. The van der Waals surface area contributed by atoms with Crippen molar-refractivity contribution in [1.29, 1.82) is 0 Å². The van der Waals surface area contributed by atoms with Gasteiger partial charge in [0.05, 0.1) is 5.39 Å². The Balaban J connectivity index is 1.68. The van der Waals surface area contributed by atoms with E-state index in [0.29, 0.717) is 17.0 Å². The quantitative estimate of drug-likeness (QED) is 0.587. The second-order valence-corrected chi connectivity index (χ2v) is 7.26. The molecule has 6 nitrogen and oxygen atoms in total. The smallest absolute Gasteiger partial charge is 0.262 e. The van der Waals surface area contributed by atoms with E-state index in [4.69, 9.17) is 4.98 Å². The van der Waals surface area contributed by atoms with Crippen molar-refractivity contribution in [3.05, 3.63) is 65.1 Å². The maximum Gasteiger partial charge on any atom is 0.262 e. The number of nitrogens with zero attached hydrogens (tertiary/aromatic N) is 4. The molecule has 0 atom stereocenters. The van der Waals surface area contributed by atoms with Crippen LogP contribution in [0, 0.1) is 0 Å². The number of anilines is 1. The highest BCUT2D eigenvalue weighted by Crippen LogP contribution is 2.31. The van der Waals surface area contributed by atoms with Gasteiger partial charge in [-0.1, -0.05) is 42.5 Å².